The number of rotatable bonds is 5. The second kappa shape index (κ2) is 7.31. The molecule has 1 aromatic heterocycles. The van der Waals surface area contributed by atoms with Crippen LogP contribution in [0.25, 0.3) is 11.0 Å². The van der Waals surface area contributed by atoms with Gasteiger partial charge in [0.25, 0.3) is 5.91 Å². The topological polar surface area (TPSA) is 77.8 Å². The van der Waals surface area contributed by atoms with E-state index in [2.05, 4.69) is 5.32 Å². The molecule has 0 aliphatic rings. The first kappa shape index (κ1) is 17.5. The standard InChI is InChI=1S/C20H19NO5/c1-12-4-6-14(7-5-12)21-18(22)11-25-20(23)19-13(2)16-10-15(24-3)8-9-17(16)26-19/h4-10H,11H2,1-3H3,(H,21,22). The molecule has 26 heavy (non-hydrogen) atoms. The summed E-state index contributed by atoms with van der Waals surface area (Å²) in [6.07, 6.45) is 0. The molecular formula is C20H19NO5. The Morgan fingerprint density at radius 1 is 1.08 bits per heavy atom. The van der Waals surface area contributed by atoms with E-state index in [-0.39, 0.29) is 5.76 Å². The van der Waals surface area contributed by atoms with Crippen LogP contribution >= 0.6 is 0 Å². The Kier molecular flexibility index (Phi) is 4.93. The van der Waals surface area contributed by atoms with E-state index in [1.807, 2.05) is 19.1 Å². The Morgan fingerprint density at radius 3 is 2.50 bits per heavy atom. The molecule has 6 nitrogen and oxygen atoms in total. The van der Waals surface area contributed by atoms with Crippen molar-refractivity contribution in [3.05, 3.63) is 59.4 Å². The number of nitrogens with one attached hydrogen (secondary N) is 1. The van der Waals surface area contributed by atoms with Gasteiger partial charge in [0.05, 0.1) is 7.11 Å². The second-order valence-electron chi connectivity index (χ2n) is 5.91. The second-order valence-corrected chi connectivity index (χ2v) is 5.91. The highest BCUT2D eigenvalue weighted by molar-refractivity contribution is 5.98. The molecule has 0 bridgehead atoms. The molecular weight excluding hydrogens is 334 g/mol. The number of carbonyl (C=O) groups excluding carboxylic acids is 2. The van der Waals surface area contributed by atoms with Gasteiger partial charge in [0.1, 0.15) is 11.3 Å². The largest absolute Gasteiger partial charge is 0.497 e. The van der Waals surface area contributed by atoms with Gasteiger partial charge in [-0.25, -0.2) is 4.79 Å². The summed E-state index contributed by atoms with van der Waals surface area (Å²) in [6, 6.07) is 12.6. The first-order chi connectivity index (χ1) is 12.5. The number of amides is 1. The SMILES string of the molecule is COc1ccc2oc(C(=O)OCC(=O)Nc3ccc(C)cc3)c(C)c2c1. The zero-order chi connectivity index (χ0) is 18.7. The zero-order valence-corrected chi connectivity index (χ0v) is 14.8. The van der Waals surface area contributed by atoms with E-state index in [9.17, 15) is 9.59 Å². The average molecular weight is 353 g/mol. The lowest BCUT2D eigenvalue weighted by atomic mass is 10.1. The molecule has 6 heteroatoms. The highest BCUT2D eigenvalue weighted by atomic mass is 16.5. The fraction of sp³-hybridized carbons (Fsp3) is 0.200. The van der Waals surface area contributed by atoms with Crippen molar-refractivity contribution in [2.75, 3.05) is 19.0 Å². The predicted molar refractivity (Wildman–Crippen MR) is 97.6 cm³/mol. The van der Waals surface area contributed by atoms with Crippen LogP contribution in [0.2, 0.25) is 0 Å². The fourth-order valence-corrected chi connectivity index (χ4v) is 2.55. The lowest BCUT2D eigenvalue weighted by Gasteiger charge is -2.06. The molecule has 0 saturated heterocycles. The van der Waals surface area contributed by atoms with Gasteiger partial charge in [-0.2, -0.15) is 0 Å². The highest BCUT2D eigenvalue weighted by Crippen LogP contribution is 2.29. The number of methoxy groups -OCH3 is 1. The summed E-state index contributed by atoms with van der Waals surface area (Å²) in [5.41, 5.74) is 2.93. The Balaban J connectivity index is 1.66. The summed E-state index contributed by atoms with van der Waals surface area (Å²) in [5.74, 6) is -0.357. The molecule has 0 saturated carbocycles. The summed E-state index contributed by atoms with van der Waals surface area (Å²) >= 11 is 0. The van der Waals surface area contributed by atoms with E-state index >= 15 is 0 Å². The molecule has 0 unspecified atom stereocenters. The van der Waals surface area contributed by atoms with Gasteiger partial charge < -0.3 is 19.2 Å². The third-order valence-corrected chi connectivity index (χ3v) is 4.00. The fourth-order valence-electron chi connectivity index (χ4n) is 2.55. The number of benzene rings is 2. The maximum atomic E-state index is 12.3. The number of esters is 1. The molecule has 2 aromatic carbocycles. The van der Waals surface area contributed by atoms with Crippen LogP contribution in [-0.2, 0) is 9.53 Å². The van der Waals surface area contributed by atoms with Gasteiger partial charge in [0, 0.05) is 16.6 Å². The minimum absolute atomic E-state index is 0.0800. The van der Waals surface area contributed by atoms with Crippen LogP contribution in [0.5, 0.6) is 5.75 Å². The molecule has 0 spiro atoms. The summed E-state index contributed by atoms with van der Waals surface area (Å²) in [5, 5.41) is 3.43. The van der Waals surface area contributed by atoms with Crippen LogP contribution in [0, 0.1) is 13.8 Å². The zero-order valence-electron chi connectivity index (χ0n) is 14.8. The van der Waals surface area contributed by atoms with Crippen LogP contribution in [0.4, 0.5) is 5.69 Å². The molecule has 1 N–H and O–H groups in total. The molecule has 1 heterocycles. The molecule has 3 aromatic rings. The quantitative estimate of drug-likeness (QED) is 0.705. The Labute approximate surface area is 150 Å². The van der Waals surface area contributed by atoms with Crippen molar-refractivity contribution >= 4 is 28.5 Å². The van der Waals surface area contributed by atoms with E-state index in [1.165, 1.54) is 0 Å². The smallest absolute Gasteiger partial charge is 0.375 e. The van der Waals surface area contributed by atoms with Gasteiger partial charge in [0.2, 0.25) is 5.76 Å². The van der Waals surface area contributed by atoms with Crippen molar-refractivity contribution in [2.24, 2.45) is 0 Å². The van der Waals surface area contributed by atoms with E-state index < -0.39 is 18.5 Å². The maximum Gasteiger partial charge on any atom is 0.375 e. The number of anilines is 1. The minimum Gasteiger partial charge on any atom is -0.497 e. The van der Waals surface area contributed by atoms with E-state index in [0.717, 1.165) is 10.9 Å². The van der Waals surface area contributed by atoms with Gasteiger partial charge in [-0.15, -0.1) is 0 Å². The lowest BCUT2D eigenvalue weighted by Crippen LogP contribution is -2.21. The molecule has 134 valence electrons. The van der Waals surface area contributed by atoms with Crippen molar-refractivity contribution in [3.8, 4) is 5.75 Å². The molecule has 1 amide bonds. The Hall–Kier alpha value is -3.28. The van der Waals surface area contributed by atoms with Crippen molar-refractivity contribution < 1.29 is 23.5 Å². The van der Waals surface area contributed by atoms with Crippen LogP contribution in [-0.4, -0.2) is 25.6 Å². The number of aryl methyl sites for hydroxylation is 2. The third-order valence-electron chi connectivity index (χ3n) is 4.00. The van der Waals surface area contributed by atoms with Gasteiger partial charge in [-0.1, -0.05) is 17.7 Å². The first-order valence-corrected chi connectivity index (χ1v) is 8.08. The number of hydrogen-bond donors (Lipinski definition) is 1. The number of carbonyl (C=O) groups is 2. The summed E-state index contributed by atoms with van der Waals surface area (Å²) in [6.45, 7) is 3.32. The van der Waals surface area contributed by atoms with Crippen LogP contribution in [0.1, 0.15) is 21.7 Å². The van der Waals surface area contributed by atoms with Gasteiger partial charge in [-0.05, 0) is 44.2 Å². The molecule has 0 aliphatic heterocycles. The number of fused-ring (bicyclic) bond motifs is 1. The van der Waals surface area contributed by atoms with Gasteiger partial charge in [-0.3, -0.25) is 4.79 Å². The number of furan rings is 1. The van der Waals surface area contributed by atoms with Crippen molar-refractivity contribution in [3.63, 3.8) is 0 Å². The summed E-state index contributed by atoms with van der Waals surface area (Å²) in [7, 11) is 1.57. The van der Waals surface area contributed by atoms with E-state index in [1.54, 1.807) is 44.4 Å². The lowest BCUT2D eigenvalue weighted by molar-refractivity contribution is -0.119. The Morgan fingerprint density at radius 2 is 1.81 bits per heavy atom. The molecule has 3 rings (SSSR count). The molecule has 0 atom stereocenters. The van der Waals surface area contributed by atoms with Crippen LogP contribution in [0.3, 0.4) is 0 Å². The first-order valence-electron chi connectivity index (χ1n) is 8.08. The van der Waals surface area contributed by atoms with Gasteiger partial charge >= 0.3 is 5.97 Å². The van der Waals surface area contributed by atoms with Crippen molar-refractivity contribution in [1.29, 1.82) is 0 Å². The summed E-state index contributed by atoms with van der Waals surface area (Å²) < 4.78 is 15.8. The predicted octanol–water partition coefficient (Wildman–Crippen LogP) is 3.85. The monoisotopic (exact) mass is 353 g/mol. The minimum atomic E-state index is -0.684. The average Bonchev–Trinajstić information content (AvgIpc) is 2.98. The molecule has 0 fully saturated rings. The van der Waals surface area contributed by atoms with Crippen LogP contribution in [0.15, 0.2) is 46.9 Å². The van der Waals surface area contributed by atoms with Crippen LogP contribution < -0.4 is 10.1 Å². The normalized spacial score (nSPS) is 10.6. The van der Waals surface area contributed by atoms with E-state index in [4.69, 9.17) is 13.9 Å². The highest BCUT2D eigenvalue weighted by Gasteiger charge is 2.20. The molecule has 0 radical (unpaired) electrons. The number of hydrogen-bond acceptors (Lipinski definition) is 5. The third kappa shape index (κ3) is 3.69. The van der Waals surface area contributed by atoms with E-state index in [0.29, 0.717) is 22.6 Å². The summed E-state index contributed by atoms with van der Waals surface area (Å²) in [4.78, 5) is 24.2. The van der Waals surface area contributed by atoms with Gasteiger partial charge in [0.15, 0.2) is 6.61 Å². The molecule has 0 aliphatic carbocycles. The van der Waals surface area contributed by atoms with Crippen molar-refractivity contribution in [1.82, 2.24) is 0 Å². The Bertz CT molecular complexity index is 956. The number of ether oxygens (including phenoxy) is 2. The maximum absolute atomic E-state index is 12.3. The van der Waals surface area contributed by atoms with Crippen molar-refractivity contribution in [2.45, 2.75) is 13.8 Å².